The quantitative estimate of drug-likeness (QED) is 0.547. The normalized spacial score (nSPS) is 21.7. The van der Waals surface area contributed by atoms with E-state index in [2.05, 4.69) is 0 Å². The van der Waals surface area contributed by atoms with Crippen LogP contribution in [0.1, 0.15) is 38.7 Å². The fourth-order valence-electron chi connectivity index (χ4n) is 3.39. The first kappa shape index (κ1) is 20.1. The third-order valence-electron chi connectivity index (χ3n) is 4.69. The highest BCUT2D eigenvalue weighted by Gasteiger charge is 2.42. The lowest BCUT2D eigenvalue weighted by atomic mass is 10.1. The lowest BCUT2D eigenvalue weighted by molar-refractivity contribution is -0.218. The maximum absolute atomic E-state index is 13.1. The number of hydrogen-bond acceptors (Lipinski definition) is 6. The number of ether oxygens (including phenoxy) is 2. The number of likely N-dealkylation sites (tertiary alicyclic amines) is 1. The van der Waals surface area contributed by atoms with Gasteiger partial charge in [-0.25, -0.2) is 9.86 Å². The molecule has 2 amide bonds. The molecule has 2 aliphatic rings. The largest absolute Gasteiger partial charge is 0.463 e. The summed E-state index contributed by atoms with van der Waals surface area (Å²) in [7, 11) is 0. The van der Waals surface area contributed by atoms with Gasteiger partial charge in [0, 0.05) is 6.54 Å². The summed E-state index contributed by atoms with van der Waals surface area (Å²) >= 11 is 0. The smallest absolute Gasteiger partial charge is 0.410 e. The van der Waals surface area contributed by atoms with Crippen LogP contribution in [0.2, 0.25) is 0 Å². The summed E-state index contributed by atoms with van der Waals surface area (Å²) in [6, 6.07) is 8.23. The van der Waals surface area contributed by atoms with Crippen molar-refractivity contribution in [1.82, 2.24) is 9.96 Å². The number of rotatable bonds is 6. The molecule has 2 saturated heterocycles. The molecule has 2 atom stereocenters. The zero-order valence-corrected chi connectivity index (χ0v) is 16.2. The highest BCUT2D eigenvalue weighted by molar-refractivity contribution is 5.86. The van der Waals surface area contributed by atoms with Crippen molar-refractivity contribution in [3.63, 3.8) is 0 Å². The number of amides is 2. The molecule has 2 heterocycles. The molecule has 2 aliphatic heterocycles. The van der Waals surface area contributed by atoms with E-state index < -0.39 is 18.2 Å². The van der Waals surface area contributed by atoms with Crippen molar-refractivity contribution in [2.75, 3.05) is 13.2 Å². The summed E-state index contributed by atoms with van der Waals surface area (Å²) in [6.07, 6.45) is 0.539. The topological polar surface area (TPSA) is 85.4 Å². The molecule has 2 fully saturated rings. The zero-order valence-electron chi connectivity index (χ0n) is 16.2. The third kappa shape index (κ3) is 4.81. The van der Waals surface area contributed by atoms with Crippen molar-refractivity contribution < 1.29 is 28.7 Å². The molecular weight excluding hydrogens is 364 g/mol. The van der Waals surface area contributed by atoms with Gasteiger partial charge in [-0.15, -0.1) is 0 Å². The zero-order chi connectivity index (χ0) is 20.1. The van der Waals surface area contributed by atoms with Gasteiger partial charge in [0.15, 0.2) is 0 Å². The van der Waals surface area contributed by atoms with Gasteiger partial charge in [0.25, 0.3) is 5.91 Å². The van der Waals surface area contributed by atoms with E-state index in [9.17, 15) is 14.4 Å². The Morgan fingerprint density at radius 3 is 2.68 bits per heavy atom. The van der Waals surface area contributed by atoms with E-state index in [0.717, 1.165) is 5.56 Å². The van der Waals surface area contributed by atoms with Gasteiger partial charge in [-0.2, -0.15) is 0 Å². The van der Waals surface area contributed by atoms with Crippen LogP contribution in [0, 0.1) is 0 Å². The van der Waals surface area contributed by atoms with Gasteiger partial charge in [0.1, 0.15) is 25.3 Å². The predicted octanol–water partition coefficient (Wildman–Crippen LogP) is 2.27. The number of esters is 1. The second-order valence-electron chi connectivity index (χ2n) is 7.25. The lowest BCUT2D eigenvalue weighted by Crippen LogP contribution is -2.52. The van der Waals surface area contributed by atoms with Gasteiger partial charge in [-0.1, -0.05) is 30.3 Å². The molecule has 1 aromatic rings. The summed E-state index contributed by atoms with van der Waals surface area (Å²) in [6.45, 7) is 4.30. The van der Waals surface area contributed by atoms with Crippen molar-refractivity contribution in [2.24, 2.45) is 0 Å². The van der Waals surface area contributed by atoms with Crippen molar-refractivity contribution >= 4 is 18.0 Å². The van der Waals surface area contributed by atoms with Crippen molar-refractivity contribution in [3.8, 4) is 0 Å². The van der Waals surface area contributed by atoms with Gasteiger partial charge < -0.3 is 9.47 Å². The Kier molecular flexibility index (Phi) is 6.51. The number of benzene rings is 1. The van der Waals surface area contributed by atoms with E-state index >= 15 is 0 Å². The van der Waals surface area contributed by atoms with E-state index in [4.69, 9.17) is 14.3 Å². The minimum Gasteiger partial charge on any atom is -0.463 e. The standard InChI is InChI=1S/C20H26N2O6/c1-14(2)28-22(16-11-18(23)26-13-16)19(24)17-9-6-10-21(17)20(25)27-12-15-7-4-3-5-8-15/h3-5,7-8,14,16-17H,6,9-13H2,1-2H3/t16-,17?/m0/s1. The summed E-state index contributed by atoms with van der Waals surface area (Å²) in [5, 5.41) is 1.23. The number of carbonyl (C=O) groups excluding carboxylic acids is 3. The molecule has 28 heavy (non-hydrogen) atoms. The average molecular weight is 390 g/mol. The minimum absolute atomic E-state index is 0.0869. The highest BCUT2D eigenvalue weighted by Crippen LogP contribution is 2.24. The Morgan fingerprint density at radius 2 is 2.04 bits per heavy atom. The molecule has 0 saturated carbocycles. The lowest BCUT2D eigenvalue weighted by Gasteiger charge is -2.32. The molecule has 0 spiro atoms. The monoisotopic (exact) mass is 390 g/mol. The fourth-order valence-corrected chi connectivity index (χ4v) is 3.39. The van der Waals surface area contributed by atoms with Gasteiger partial charge in [-0.05, 0) is 32.3 Å². The van der Waals surface area contributed by atoms with Crippen LogP contribution in [0.4, 0.5) is 4.79 Å². The predicted molar refractivity (Wildman–Crippen MR) is 98.8 cm³/mol. The van der Waals surface area contributed by atoms with Crippen molar-refractivity contribution in [1.29, 1.82) is 0 Å². The maximum atomic E-state index is 13.1. The van der Waals surface area contributed by atoms with Crippen LogP contribution >= 0.6 is 0 Å². The molecule has 0 radical (unpaired) electrons. The van der Waals surface area contributed by atoms with E-state index in [0.29, 0.717) is 19.4 Å². The van der Waals surface area contributed by atoms with E-state index in [1.165, 1.54) is 9.96 Å². The molecular formula is C20H26N2O6. The molecule has 1 unspecified atom stereocenters. The van der Waals surface area contributed by atoms with Crippen LogP contribution in [-0.4, -0.2) is 59.3 Å². The summed E-state index contributed by atoms with van der Waals surface area (Å²) in [5.74, 6) is -0.702. The van der Waals surface area contributed by atoms with E-state index in [1.807, 2.05) is 30.3 Å². The van der Waals surface area contributed by atoms with Crippen molar-refractivity contribution in [3.05, 3.63) is 35.9 Å². The highest BCUT2D eigenvalue weighted by atomic mass is 16.7. The first-order chi connectivity index (χ1) is 13.5. The van der Waals surface area contributed by atoms with E-state index in [-0.39, 0.29) is 37.6 Å². The van der Waals surface area contributed by atoms with Crippen LogP contribution in [-0.2, 0) is 30.5 Å². The SMILES string of the molecule is CC(C)ON(C(=O)C1CCCN1C(=O)OCc1ccccc1)[C@@H]1COC(=O)C1. The van der Waals surface area contributed by atoms with Crippen LogP contribution in [0.5, 0.6) is 0 Å². The Labute approximate surface area is 164 Å². The molecule has 0 bridgehead atoms. The first-order valence-corrected chi connectivity index (χ1v) is 9.58. The number of nitrogens with zero attached hydrogens (tertiary/aromatic N) is 2. The van der Waals surface area contributed by atoms with Gasteiger partial charge in [0.2, 0.25) is 0 Å². The summed E-state index contributed by atoms with van der Waals surface area (Å²) < 4.78 is 10.4. The summed E-state index contributed by atoms with van der Waals surface area (Å²) in [4.78, 5) is 44.3. The number of carbonyl (C=O) groups is 3. The van der Waals surface area contributed by atoms with Crippen LogP contribution in [0.15, 0.2) is 30.3 Å². The Bertz CT molecular complexity index is 708. The maximum Gasteiger partial charge on any atom is 0.410 e. The van der Waals surface area contributed by atoms with Gasteiger partial charge in [0.05, 0.1) is 12.5 Å². The molecule has 0 aromatic heterocycles. The summed E-state index contributed by atoms with van der Waals surface area (Å²) in [5.41, 5.74) is 0.879. The average Bonchev–Trinajstić information content (AvgIpc) is 3.33. The minimum atomic E-state index is -0.669. The Hall–Kier alpha value is -2.61. The number of hydrogen-bond donors (Lipinski definition) is 0. The molecule has 0 aliphatic carbocycles. The van der Waals surface area contributed by atoms with Gasteiger partial charge in [-0.3, -0.25) is 19.3 Å². The van der Waals surface area contributed by atoms with E-state index in [1.54, 1.807) is 13.8 Å². The number of cyclic esters (lactones) is 1. The fraction of sp³-hybridized carbons (Fsp3) is 0.550. The van der Waals surface area contributed by atoms with Gasteiger partial charge >= 0.3 is 12.1 Å². The van der Waals surface area contributed by atoms with Crippen LogP contribution in [0.3, 0.4) is 0 Å². The molecule has 3 rings (SSSR count). The van der Waals surface area contributed by atoms with Crippen molar-refractivity contribution in [2.45, 2.75) is 57.9 Å². The third-order valence-corrected chi connectivity index (χ3v) is 4.69. The number of hydroxylamine groups is 2. The molecule has 0 N–H and O–H groups in total. The first-order valence-electron chi connectivity index (χ1n) is 9.58. The molecule has 1 aromatic carbocycles. The Balaban J connectivity index is 1.66. The van der Waals surface area contributed by atoms with Crippen LogP contribution in [0.25, 0.3) is 0 Å². The molecule has 8 nitrogen and oxygen atoms in total. The van der Waals surface area contributed by atoms with Crippen LogP contribution < -0.4 is 0 Å². The molecule has 8 heteroatoms. The second kappa shape index (κ2) is 9.05. The molecule has 152 valence electrons. The Morgan fingerprint density at radius 1 is 1.29 bits per heavy atom. The second-order valence-corrected chi connectivity index (χ2v) is 7.25.